The molecule has 1 atom stereocenters. The Morgan fingerprint density at radius 1 is 1.53 bits per heavy atom. The van der Waals surface area contributed by atoms with Crippen LogP contribution < -0.4 is 10.6 Å². The first-order valence-corrected chi connectivity index (χ1v) is 6.74. The topological polar surface area (TPSA) is 41.1 Å². The van der Waals surface area contributed by atoms with Crippen molar-refractivity contribution in [2.45, 2.75) is 19.8 Å². The van der Waals surface area contributed by atoms with E-state index in [9.17, 15) is 4.79 Å². The average molecular weight is 297 g/mol. The predicted molar refractivity (Wildman–Crippen MR) is 73.1 cm³/mol. The van der Waals surface area contributed by atoms with Gasteiger partial charge in [-0.25, -0.2) is 0 Å². The smallest absolute Gasteiger partial charge is 0.228 e. The maximum absolute atomic E-state index is 12.0. The van der Waals surface area contributed by atoms with Gasteiger partial charge in [0, 0.05) is 16.7 Å². The summed E-state index contributed by atoms with van der Waals surface area (Å²) < 4.78 is 1.06. The summed E-state index contributed by atoms with van der Waals surface area (Å²) in [6, 6.07) is 5.87. The molecule has 0 radical (unpaired) electrons. The molecule has 0 aromatic heterocycles. The fourth-order valence-corrected chi connectivity index (χ4v) is 2.29. The van der Waals surface area contributed by atoms with Crippen LogP contribution in [0.5, 0.6) is 0 Å². The van der Waals surface area contributed by atoms with Gasteiger partial charge < -0.3 is 10.6 Å². The number of rotatable bonds is 2. The zero-order valence-electron chi connectivity index (χ0n) is 9.92. The lowest BCUT2D eigenvalue weighted by atomic mass is 9.99. The molecule has 0 spiro atoms. The zero-order chi connectivity index (χ0) is 12.3. The van der Waals surface area contributed by atoms with Crippen LogP contribution in [0.4, 0.5) is 5.69 Å². The minimum Gasteiger partial charge on any atom is -0.326 e. The highest BCUT2D eigenvalue weighted by Gasteiger charge is 2.20. The van der Waals surface area contributed by atoms with Crippen molar-refractivity contribution in [2.24, 2.45) is 5.92 Å². The van der Waals surface area contributed by atoms with Crippen molar-refractivity contribution in [1.29, 1.82) is 0 Å². The van der Waals surface area contributed by atoms with Crippen molar-refractivity contribution in [3.8, 4) is 0 Å². The molecule has 1 aromatic carbocycles. The molecule has 4 heteroatoms. The third kappa shape index (κ3) is 3.30. The lowest BCUT2D eigenvalue weighted by Crippen LogP contribution is -2.37. The van der Waals surface area contributed by atoms with Gasteiger partial charge in [0.15, 0.2) is 0 Å². The molecule has 2 rings (SSSR count). The second-order valence-electron chi connectivity index (χ2n) is 4.50. The minimum absolute atomic E-state index is 0.104. The van der Waals surface area contributed by atoms with E-state index >= 15 is 0 Å². The number of halogens is 1. The van der Waals surface area contributed by atoms with Gasteiger partial charge in [-0.15, -0.1) is 0 Å². The number of aryl methyl sites for hydroxylation is 1. The molecule has 1 aromatic rings. The van der Waals surface area contributed by atoms with Gasteiger partial charge in [0.05, 0.1) is 5.92 Å². The quantitative estimate of drug-likeness (QED) is 0.881. The van der Waals surface area contributed by atoms with Crippen LogP contribution in [-0.2, 0) is 4.79 Å². The van der Waals surface area contributed by atoms with Gasteiger partial charge in [-0.3, -0.25) is 4.79 Å². The Balaban J connectivity index is 1.99. The number of anilines is 1. The summed E-state index contributed by atoms with van der Waals surface area (Å²) in [5.74, 6) is 0.228. The Labute approximate surface area is 110 Å². The van der Waals surface area contributed by atoms with Crippen LogP contribution in [0, 0.1) is 12.8 Å². The molecule has 0 bridgehead atoms. The third-order valence-electron chi connectivity index (χ3n) is 3.09. The number of benzene rings is 1. The van der Waals surface area contributed by atoms with Crippen molar-refractivity contribution in [1.82, 2.24) is 5.32 Å². The monoisotopic (exact) mass is 296 g/mol. The molecule has 1 amide bonds. The van der Waals surface area contributed by atoms with Crippen molar-refractivity contribution in [2.75, 3.05) is 18.4 Å². The van der Waals surface area contributed by atoms with E-state index in [0.717, 1.165) is 41.7 Å². The van der Waals surface area contributed by atoms with E-state index in [1.165, 1.54) is 0 Å². The predicted octanol–water partition coefficient (Wildman–Crippen LogP) is 2.70. The molecule has 2 N–H and O–H groups in total. The maximum Gasteiger partial charge on any atom is 0.228 e. The van der Waals surface area contributed by atoms with Crippen LogP contribution in [-0.4, -0.2) is 19.0 Å². The van der Waals surface area contributed by atoms with Crippen LogP contribution in [0.25, 0.3) is 0 Å². The van der Waals surface area contributed by atoms with Crippen LogP contribution in [0.2, 0.25) is 0 Å². The van der Waals surface area contributed by atoms with Crippen molar-refractivity contribution >= 4 is 27.5 Å². The average Bonchev–Trinajstić information content (AvgIpc) is 2.35. The van der Waals surface area contributed by atoms with Gasteiger partial charge >= 0.3 is 0 Å². The van der Waals surface area contributed by atoms with E-state index in [1.807, 2.05) is 25.1 Å². The van der Waals surface area contributed by atoms with Gasteiger partial charge in [0.2, 0.25) is 5.91 Å². The first kappa shape index (κ1) is 12.6. The molecule has 1 aliphatic rings. The normalized spacial score (nSPS) is 20.0. The maximum atomic E-state index is 12.0. The first-order valence-electron chi connectivity index (χ1n) is 5.94. The molecule has 92 valence electrons. The molecule has 3 nitrogen and oxygen atoms in total. The fourth-order valence-electron chi connectivity index (χ4n) is 2.04. The van der Waals surface area contributed by atoms with Gasteiger partial charge in [-0.1, -0.05) is 15.9 Å². The van der Waals surface area contributed by atoms with E-state index in [4.69, 9.17) is 0 Å². The first-order chi connectivity index (χ1) is 8.16. The highest BCUT2D eigenvalue weighted by Crippen LogP contribution is 2.21. The van der Waals surface area contributed by atoms with Gasteiger partial charge in [-0.05, 0) is 50.1 Å². The molecule has 1 fully saturated rings. The van der Waals surface area contributed by atoms with E-state index in [-0.39, 0.29) is 11.8 Å². The lowest BCUT2D eigenvalue weighted by molar-refractivity contribution is -0.120. The van der Waals surface area contributed by atoms with Crippen molar-refractivity contribution < 1.29 is 4.79 Å². The van der Waals surface area contributed by atoms with E-state index in [2.05, 4.69) is 26.6 Å². The van der Waals surface area contributed by atoms with Crippen LogP contribution >= 0.6 is 15.9 Å². The highest BCUT2D eigenvalue weighted by atomic mass is 79.9. The summed E-state index contributed by atoms with van der Waals surface area (Å²) in [4.78, 5) is 12.0. The second-order valence-corrected chi connectivity index (χ2v) is 5.35. The molecular formula is C13H17BrN2O. The fraction of sp³-hybridized carbons (Fsp3) is 0.462. The number of carbonyl (C=O) groups excluding carboxylic acids is 1. The largest absolute Gasteiger partial charge is 0.326 e. The number of hydrogen-bond acceptors (Lipinski definition) is 2. The number of carbonyl (C=O) groups is 1. The van der Waals surface area contributed by atoms with E-state index in [1.54, 1.807) is 0 Å². The summed E-state index contributed by atoms with van der Waals surface area (Å²) in [5.41, 5.74) is 2.01. The molecule has 17 heavy (non-hydrogen) atoms. The third-order valence-corrected chi connectivity index (χ3v) is 3.98. The Morgan fingerprint density at radius 2 is 2.35 bits per heavy atom. The molecular weight excluding hydrogens is 280 g/mol. The molecule has 1 heterocycles. The molecule has 1 saturated heterocycles. The van der Waals surface area contributed by atoms with Crippen LogP contribution in [0.15, 0.2) is 22.7 Å². The molecule has 0 aliphatic carbocycles. The van der Waals surface area contributed by atoms with Gasteiger partial charge in [0.25, 0.3) is 0 Å². The molecule has 1 aliphatic heterocycles. The van der Waals surface area contributed by atoms with E-state index < -0.39 is 0 Å². The van der Waals surface area contributed by atoms with Gasteiger partial charge in [-0.2, -0.15) is 0 Å². The SMILES string of the molecule is Cc1cc(NC(=O)C2CCCNC2)ccc1Br. The van der Waals surface area contributed by atoms with Crippen molar-refractivity contribution in [3.05, 3.63) is 28.2 Å². The summed E-state index contributed by atoms with van der Waals surface area (Å²) >= 11 is 3.45. The number of amides is 1. The van der Waals surface area contributed by atoms with Crippen molar-refractivity contribution in [3.63, 3.8) is 0 Å². The Hall–Kier alpha value is -0.870. The Morgan fingerprint density at radius 3 is 3.00 bits per heavy atom. The molecule has 0 saturated carbocycles. The molecule has 1 unspecified atom stereocenters. The second kappa shape index (κ2) is 5.65. The Kier molecular flexibility index (Phi) is 4.18. The summed E-state index contributed by atoms with van der Waals surface area (Å²) in [6.45, 7) is 3.84. The summed E-state index contributed by atoms with van der Waals surface area (Å²) in [7, 11) is 0. The van der Waals surface area contributed by atoms with Gasteiger partial charge in [0.1, 0.15) is 0 Å². The highest BCUT2D eigenvalue weighted by molar-refractivity contribution is 9.10. The van der Waals surface area contributed by atoms with E-state index in [0.29, 0.717) is 0 Å². The zero-order valence-corrected chi connectivity index (χ0v) is 11.5. The Bertz CT molecular complexity index is 414. The lowest BCUT2D eigenvalue weighted by Gasteiger charge is -2.22. The number of hydrogen-bond donors (Lipinski definition) is 2. The summed E-state index contributed by atoms with van der Waals surface area (Å²) in [5, 5.41) is 6.23. The van der Waals surface area contributed by atoms with Crippen LogP contribution in [0.1, 0.15) is 18.4 Å². The number of nitrogens with one attached hydrogen (secondary N) is 2. The van der Waals surface area contributed by atoms with Crippen LogP contribution in [0.3, 0.4) is 0 Å². The standard InChI is InChI=1S/C13H17BrN2O/c1-9-7-11(4-5-12(9)14)16-13(17)10-3-2-6-15-8-10/h4-5,7,10,15H,2-3,6,8H2,1H3,(H,16,17). The minimum atomic E-state index is 0.104. The summed E-state index contributed by atoms with van der Waals surface area (Å²) in [6.07, 6.45) is 2.06. The number of piperidine rings is 1.